The Labute approximate surface area is 129 Å². The Morgan fingerprint density at radius 2 is 2.00 bits per heavy atom. The van der Waals surface area contributed by atoms with Gasteiger partial charge in [-0.3, -0.25) is 5.84 Å². The van der Waals surface area contributed by atoms with Gasteiger partial charge >= 0.3 is 0 Å². The molecule has 0 bridgehead atoms. The van der Waals surface area contributed by atoms with E-state index in [1.165, 1.54) is 47.1 Å². The Balaban J connectivity index is 1.98. The van der Waals surface area contributed by atoms with Crippen LogP contribution < -0.4 is 11.3 Å². The molecule has 1 aliphatic carbocycles. The SMILES string of the molecule is Cc1ccc(F)cc1C(NN)c1cc2c(s1)CCCCC2. The second kappa shape index (κ2) is 6.26. The Kier molecular flexibility index (Phi) is 4.38. The monoisotopic (exact) mass is 304 g/mol. The molecule has 2 aromatic rings. The molecular weight excluding hydrogens is 283 g/mol. The van der Waals surface area contributed by atoms with Gasteiger partial charge in [0.15, 0.2) is 0 Å². The lowest BCUT2D eigenvalue weighted by Gasteiger charge is -2.17. The fourth-order valence-corrected chi connectivity index (χ4v) is 4.42. The number of hydrazine groups is 1. The van der Waals surface area contributed by atoms with Crippen molar-refractivity contribution in [2.24, 2.45) is 5.84 Å². The number of rotatable bonds is 3. The third-order valence-corrected chi connectivity index (χ3v) is 5.57. The number of benzene rings is 1. The van der Waals surface area contributed by atoms with Gasteiger partial charge in [0.1, 0.15) is 5.82 Å². The zero-order valence-corrected chi connectivity index (χ0v) is 13.1. The van der Waals surface area contributed by atoms with Crippen LogP contribution in [0.2, 0.25) is 0 Å². The first-order chi connectivity index (χ1) is 10.2. The fourth-order valence-electron chi connectivity index (χ4n) is 3.08. The van der Waals surface area contributed by atoms with Gasteiger partial charge in [-0.05, 0) is 67.5 Å². The number of thiophene rings is 1. The number of aryl methyl sites for hydroxylation is 3. The molecule has 0 saturated heterocycles. The van der Waals surface area contributed by atoms with Crippen LogP contribution in [-0.4, -0.2) is 0 Å². The largest absolute Gasteiger partial charge is 0.271 e. The van der Waals surface area contributed by atoms with Gasteiger partial charge < -0.3 is 0 Å². The molecule has 1 aliphatic rings. The highest BCUT2D eigenvalue weighted by atomic mass is 32.1. The van der Waals surface area contributed by atoms with E-state index in [0.717, 1.165) is 17.5 Å². The summed E-state index contributed by atoms with van der Waals surface area (Å²) in [4.78, 5) is 2.68. The molecule has 112 valence electrons. The summed E-state index contributed by atoms with van der Waals surface area (Å²) in [7, 11) is 0. The summed E-state index contributed by atoms with van der Waals surface area (Å²) in [6.45, 7) is 2.00. The molecule has 0 fully saturated rings. The topological polar surface area (TPSA) is 38.0 Å². The van der Waals surface area contributed by atoms with Crippen molar-refractivity contribution < 1.29 is 4.39 Å². The Morgan fingerprint density at radius 1 is 1.19 bits per heavy atom. The molecule has 0 spiro atoms. The summed E-state index contributed by atoms with van der Waals surface area (Å²) >= 11 is 1.83. The zero-order chi connectivity index (χ0) is 14.8. The Bertz CT molecular complexity index is 612. The maximum Gasteiger partial charge on any atom is 0.123 e. The predicted octanol–water partition coefficient (Wildman–Crippen LogP) is 4.02. The fraction of sp³-hybridized carbons (Fsp3) is 0.412. The molecule has 3 N–H and O–H groups in total. The van der Waals surface area contributed by atoms with Crippen molar-refractivity contribution in [1.82, 2.24) is 5.43 Å². The van der Waals surface area contributed by atoms with Crippen LogP contribution in [0.15, 0.2) is 24.3 Å². The van der Waals surface area contributed by atoms with Gasteiger partial charge in [0.05, 0.1) is 6.04 Å². The zero-order valence-electron chi connectivity index (χ0n) is 12.3. The molecule has 1 aromatic carbocycles. The highest BCUT2D eigenvalue weighted by Gasteiger charge is 2.20. The minimum absolute atomic E-state index is 0.127. The van der Waals surface area contributed by atoms with Crippen LogP contribution in [0.5, 0.6) is 0 Å². The Morgan fingerprint density at radius 3 is 2.81 bits per heavy atom. The normalized spacial score (nSPS) is 16.3. The highest BCUT2D eigenvalue weighted by molar-refractivity contribution is 7.12. The number of nitrogens with one attached hydrogen (secondary N) is 1. The number of nitrogens with two attached hydrogens (primary N) is 1. The summed E-state index contributed by atoms with van der Waals surface area (Å²) < 4.78 is 13.6. The van der Waals surface area contributed by atoms with Crippen molar-refractivity contribution in [2.45, 2.75) is 45.1 Å². The summed E-state index contributed by atoms with van der Waals surface area (Å²) in [6, 6.07) is 7.03. The summed E-state index contributed by atoms with van der Waals surface area (Å²) in [5, 5.41) is 0. The van der Waals surface area contributed by atoms with E-state index >= 15 is 0 Å². The van der Waals surface area contributed by atoms with Crippen LogP contribution in [0.25, 0.3) is 0 Å². The van der Waals surface area contributed by atoms with Crippen molar-refractivity contribution in [3.8, 4) is 0 Å². The van der Waals surface area contributed by atoms with Gasteiger partial charge in [-0.1, -0.05) is 12.5 Å². The molecule has 0 radical (unpaired) electrons. The van der Waals surface area contributed by atoms with Crippen LogP contribution in [0, 0.1) is 12.7 Å². The second-order valence-corrected chi connectivity index (χ2v) is 6.93. The molecule has 1 aromatic heterocycles. The van der Waals surface area contributed by atoms with E-state index in [0.29, 0.717) is 0 Å². The minimum Gasteiger partial charge on any atom is -0.271 e. The molecule has 0 saturated carbocycles. The molecule has 1 heterocycles. The van der Waals surface area contributed by atoms with Gasteiger partial charge in [-0.2, -0.15) is 0 Å². The average molecular weight is 304 g/mol. The smallest absolute Gasteiger partial charge is 0.123 e. The van der Waals surface area contributed by atoms with Gasteiger partial charge in [-0.25, -0.2) is 9.82 Å². The molecule has 1 unspecified atom stereocenters. The molecule has 21 heavy (non-hydrogen) atoms. The lowest BCUT2D eigenvalue weighted by atomic mass is 9.99. The van der Waals surface area contributed by atoms with Crippen LogP contribution in [0.1, 0.15) is 51.7 Å². The maximum absolute atomic E-state index is 13.6. The standard InChI is InChI=1S/C17H21FN2S/c1-11-7-8-13(18)10-14(11)17(20-19)16-9-12-5-3-2-4-6-15(12)21-16/h7-10,17,20H,2-6,19H2,1H3. The van der Waals surface area contributed by atoms with E-state index in [4.69, 9.17) is 5.84 Å². The molecule has 3 rings (SSSR count). The molecule has 0 aliphatic heterocycles. The van der Waals surface area contributed by atoms with Crippen molar-refractivity contribution in [3.63, 3.8) is 0 Å². The van der Waals surface area contributed by atoms with Gasteiger partial charge in [0, 0.05) is 9.75 Å². The van der Waals surface area contributed by atoms with Crippen molar-refractivity contribution in [3.05, 3.63) is 56.5 Å². The number of halogens is 1. The van der Waals surface area contributed by atoms with E-state index in [-0.39, 0.29) is 11.9 Å². The van der Waals surface area contributed by atoms with E-state index in [2.05, 4.69) is 11.5 Å². The summed E-state index contributed by atoms with van der Waals surface area (Å²) in [5.41, 5.74) is 6.31. The molecule has 0 amide bonds. The highest BCUT2D eigenvalue weighted by Crippen LogP contribution is 2.35. The van der Waals surface area contributed by atoms with Crippen LogP contribution in [-0.2, 0) is 12.8 Å². The van der Waals surface area contributed by atoms with Crippen molar-refractivity contribution >= 4 is 11.3 Å². The van der Waals surface area contributed by atoms with E-state index in [1.807, 2.05) is 24.3 Å². The van der Waals surface area contributed by atoms with E-state index in [1.54, 1.807) is 6.07 Å². The van der Waals surface area contributed by atoms with Crippen LogP contribution >= 0.6 is 11.3 Å². The number of hydrogen-bond acceptors (Lipinski definition) is 3. The third-order valence-electron chi connectivity index (χ3n) is 4.27. The van der Waals surface area contributed by atoms with Crippen molar-refractivity contribution in [2.75, 3.05) is 0 Å². The summed E-state index contributed by atoms with van der Waals surface area (Å²) in [6.07, 6.45) is 6.18. The van der Waals surface area contributed by atoms with E-state index < -0.39 is 0 Å². The first kappa shape index (κ1) is 14.7. The van der Waals surface area contributed by atoms with E-state index in [9.17, 15) is 4.39 Å². The lowest BCUT2D eigenvalue weighted by molar-refractivity contribution is 0.606. The molecule has 1 atom stereocenters. The maximum atomic E-state index is 13.6. The second-order valence-electron chi connectivity index (χ2n) is 5.76. The van der Waals surface area contributed by atoms with Crippen LogP contribution in [0.4, 0.5) is 4.39 Å². The summed E-state index contributed by atoms with van der Waals surface area (Å²) in [5.74, 6) is 5.56. The van der Waals surface area contributed by atoms with Crippen molar-refractivity contribution in [1.29, 1.82) is 0 Å². The van der Waals surface area contributed by atoms with Crippen LogP contribution in [0.3, 0.4) is 0 Å². The Hall–Kier alpha value is -1.23. The molecule has 2 nitrogen and oxygen atoms in total. The van der Waals surface area contributed by atoms with Gasteiger partial charge in [0.2, 0.25) is 0 Å². The van der Waals surface area contributed by atoms with Gasteiger partial charge in [0.25, 0.3) is 0 Å². The average Bonchev–Trinajstić information content (AvgIpc) is 2.74. The minimum atomic E-state index is -0.214. The predicted molar refractivity (Wildman–Crippen MR) is 85.9 cm³/mol. The first-order valence-electron chi connectivity index (χ1n) is 7.52. The quantitative estimate of drug-likeness (QED) is 0.511. The number of hydrogen-bond donors (Lipinski definition) is 2. The lowest BCUT2D eigenvalue weighted by Crippen LogP contribution is -2.28. The first-order valence-corrected chi connectivity index (χ1v) is 8.34. The number of fused-ring (bicyclic) bond motifs is 1. The molecular formula is C17H21FN2S. The third kappa shape index (κ3) is 3.03. The molecule has 4 heteroatoms. The van der Waals surface area contributed by atoms with Gasteiger partial charge in [-0.15, -0.1) is 11.3 Å².